The van der Waals surface area contributed by atoms with E-state index in [1.54, 1.807) is 4.90 Å². The number of likely N-dealkylation sites (tertiary alicyclic amines) is 1. The van der Waals surface area contributed by atoms with Gasteiger partial charge in [-0.1, -0.05) is 0 Å². The number of carbonyl (C=O) groups is 2. The molecule has 2 aliphatic rings. The summed E-state index contributed by atoms with van der Waals surface area (Å²) in [6.07, 6.45) is 2.66. The van der Waals surface area contributed by atoms with E-state index in [-0.39, 0.29) is 22.2 Å². The number of amides is 2. The molecule has 1 N–H and O–H groups in total. The number of benzene rings is 1. The highest BCUT2D eigenvalue weighted by molar-refractivity contribution is 7.89. The maximum Gasteiger partial charge on any atom is 0.251 e. The SMILES string of the molecule is CNC(=O)c1ccc(S(=O)(=O)N2CCC3(CCC(=O)N3C)CC2)cc1. The second kappa shape index (κ2) is 6.42. The van der Waals surface area contributed by atoms with Crippen molar-refractivity contribution in [3.8, 4) is 0 Å². The Kier molecular flexibility index (Phi) is 4.59. The van der Waals surface area contributed by atoms with Crippen LogP contribution in [-0.4, -0.2) is 62.2 Å². The first-order valence-electron chi connectivity index (χ1n) is 8.39. The smallest absolute Gasteiger partial charge is 0.251 e. The average Bonchev–Trinajstić information content (AvgIpc) is 2.90. The van der Waals surface area contributed by atoms with Crippen molar-refractivity contribution >= 4 is 21.8 Å². The van der Waals surface area contributed by atoms with E-state index in [9.17, 15) is 18.0 Å². The number of nitrogens with zero attached hydrogens (tertiary/aromatic N) is 2. The lowest BCUT2D eigenvalue weighted by Crippen LogP contribution is -2.52. The van der Waals surface area contributed by atoms with Crippen LogP contribution in [0.3, 0.4) is 0 Å². The minimum Gasteiger partial charge on any atom is -0.355 e. The summed E-state index contributed by atoms with van der Waals surface area (Å²) in [5.41, 5.74) is 0.233. The quantitative estimate of drug-likeness (QED) is 0.859. The molecule has 0 atom stereocenters. The molecule has 0 bridgehead atoms. The van der Waals surface area contributed by atoms with Crippen molar-refractivity contribution < 1.29 is 18.0 Å². The third-order valence-corrected chi connectivity index (χ3v) is 7.44. The number of sulfonamides is 1. The number of piperidine rings is 1. The van der Waals surface area contributed by atoms with Crippen molar-refractivity contribution in [3.05, 3.63) is 29.8 Å². The van der Waals surface area contributed by atoms with Gasteiger partial charge in [-0.15, -0.1) is 0 Å². The maximum atomic E-state index is 12.8. The molecule has 2 saturated heterocycles. The summed E-state index contributed by atoms with van der Waals surface area (Å²) in [6, 6.07) is 5.96. The van der Waals surface area contributed by atoms with Crippen molar-refractivity contribution in [2.75, 3.05) is 27.2 Å². The Hall–Kier alpha value is -1.93. The molecule has 2 aliphatic heterocycles. The van der Waals surface area contributed by atoms with Crippen LogP contribution in [0.25, 0.3) is 0 Å². The lowest BCUT2D eigenvalue weighted by atomic mass is 9.86. The number of carbonyl (C=O) groups excluding carboxylic acids is 2. The normalized spacial score (nSPS) is 20.9. The van der Waals surface area contributed by atoms with Gasteiger partial charge in [0.05, 0.1) is 4.90 Å². The van der Waals surface area contributed by atoms with Gasteiger partial charge in [-0.25, -0.2) is 8.42 Å². The van der Waals surface area contributed by atoms with Crippen molar-refractivity contribution in [2.24, 2.45) is 0 Å². The van der Waals surface area contributed by atoms with E-state index in [0.29, 0.717) is 37.9 Å². The Morgan fingerprint density at radius 1 is 1.12 bits per heavy atom. The Bertz CT molecular complexity index is 781. The fourth-order valence-electron chi connectivity index (χ4n) is 3.74. The largest absolute Gasteiger partial charge is 0.355 e. The van der Waals surface area contributed by atoms with Gasteiger partial charge in [-0.2, -0.15) is 4.31 Å². The summed E-state index contributed by atoms with van der Waals surface area (Å²) in [7, 11) is -0.245. The molecule has 0 aromatic heterocycles. The zero-order valence-corrected chi connectivity index (χ0v) is 15.3. The van der Waals surface area contributed by atoms with E-state index in [1.807, 2.05) is 7.05 Å². The van der Waals surface area contributed by atoms with E-state index >= 15 is 0 Å². The van der Waals surface area contributed by atoms with Gasteiger partial charge in [0.2, 0.25) is 15.9 Å². The highest BCUT2D eigenvalue weighted by Crippen LogP contribution is 2.39. The molecule has 25 heavy (non-hydrogen) atoms. The van der Waals surface area contributed by atoms with Crippen LogP contribution in [0.2, 0.25) is 0 Å². The Morgan fingerprint density at radius 3 is 2.20 bits per heavy atom. The van der Waals surface area contributed by atoms with Crippen molar-refractivity contribution in [1.82, 2.24) is 14.5 Å². The Balaban J connectivity index is 1.74. The van der Waals surface area contributed by atoms with Crippen molar-refractivity contribution in [3.63, 3.8) is 0 Å². The second-order valence-electron chi connectivity index (χ2n) is 6.68. The highest BCUT2D eigenvalue weighted by atomic mass is 32.2. The predicted octanol–water partition coefficient (Wildman–Crippen LogP) is 0.822. The van der Waals surface area contributed by atoms with Crippen molar-refractivity contribution in [2.45, 2.75) is 36.1 Å². The molecule has 2 amide bonds. The van der Waals surface area contributed by atoms with Gasteiger partial charge in [0.15, 0.2) is 0 Å². The summed E-state index contributed by atoms with van der Waals surface area (Å²) in [5.74, 6) is -0.112. The lowest BCUT2D eigenvalue weighted by Gasteiger charge is -2.42. The van der Waals surface area contributed by atoms with Crippen molar-refractivity contribution in [1.29, 1.82) is 0 Å². The average molecular weight is 365 g/mol. The molecule has 7 nitrogen and oxygen atoms in total. The van der Waals surface area contributed by atoms with Crippen LogP contribution in [0.5, 0.6) is 0 Å². The van der Waals surface area contributed by atoms with E-state index in [4.69, 9.17) is 0 Å². The molecule has 1 aromatic carbocycles. The summed E-state index contributed by atoms with van der Waals surface area (Å²) < 4.78 is 27.1. The lowest BCUT2D eigenvalue weighted by molar-refractivity contribution is -0.130. The summed E-state index contributed by atoms with van der Waals surface area (Å²) in [6.45, 7) is 0.800. The van der Waals surface area contributed by atoms with Crippen LogP contribution < -0.4 is 5.32 Å². The third kappa shape index (κ3) is 3.04. The summed E-state index contributed by atoms with van der Waals surface area (Å²) in [5, 5.41) is 2.51. The van der Waals surface area contributed by atoms with Gasteiger partial charge in [0, 0.05) is 44.7 Å². The second-order valence-corrected chi connectivity index (χ2v) is 8.62. The van der Waals surface area contributed by atoms with Gasteiger partial charge in [0.25, 0.3) is 5.91 Å². The van der Waals surface area contributed by atoms with Gasteiger partial charge in [0.1, 0.15) is 0 Å². The summed E-state index contributed by atoms with van der Waals surface area (Å²) in [4.78, 5) is 25.4. The molecule has 0 unspecified atom stereocenters. The first-order chi connectivity index (χ1) is 11.8. The number of hydrogen-bond acceptors (Lipinski definition) is 4. The molecule has 0 aliphatic carbocycles. The zero-order valence-electron chi connectivity index (χ0n) is 14.5. The highest BCUT2D eigenvalue weighted by Gasteiger charge is 2.46. The fraction of sp³-hybridized carbons (Fsp3) is 0.529. The molecule has 1 spiro atoms. The number of nitrogens with one attached hydrogen (secondary N) is 1. The maximum absolute atomic E-state index is 12.8. The molecule has 0 saturated carbocycles. The van der Waals surface area contributed by atoms with E-state index in [2.05, 4.69) is 5.32 Å². The minimum absolute atomic E-state index is 0.140. The van der Waals surface area contributed by atoms with Gasteiger partial charge < -0.3 is 10.2 Å². The third-order valence-electron chi connectivity index (χ3n) is 5.52. The molecule has 0 radical (unpaired) electrons. The molecule has 136 valence electrons. The summed E-state index contributed by atoms with van der Waals surface area (Å²) >= 11 is 0. The van der Waals surface area contributed by atoms with Crippen LogP contribution in [-0.2, 0) is 14.8 Å². The number of hydrogen-bond donors (Lipinski definition) is 1. The molecule has 1 aromatic rings. The molecule has 3 rings (SSSR count). The molecular formula is C17H23N3O4S. The van der Waals surface area contributed by atoms with Crippen LogP contribution in [0.4, 0.5) is 0 Å². The molecule has 8 heteroatoms. The van der Waals surface area contributed by atoms with E-state index in [1.165, 1.54) is 35.6 Å². The molecule has 2 fully saturated rings. The van der Waals surface area contributed by atoms with Crippen LogP contribution in [0.15, 0.2) is 29.2 Å². The molecule has 2 heterocycles. The van der Waals surface area contributed by atoms with Crippen LogP contribution in [0, 0.1) is 0 Å². The van der Waals surface area contributed by atoms with Gasteiger partial charge >= 0.3 is 0 Å². The van der Waals surface area contributed by atoms with E-state index < -0.39 is 10.0 Å². The minimum atomic E-state index is -3.59. The van der Waals surface area contributed by atoms with E-state index in [0.717, 1.165) is 6.42 Å². The number of rotatable bonds is 3. The predicted molar refractivity (Wildman–Crippen MR) is 92.6 cm³/mol. The van der Waals surface area contributed by atoms with Gasteiger partial charge in [-0.05, 0) is 43.5 Å². The Morgan fingerprint density at radius 2 is 1.72 bits per heavy atom. The molecular weight excluding hydrogens is 342 g/mol. The fourth-order valence-corrected chi connectivity index (χ4v) is 5.18. The zero-order chi connectivity index (χ0) is 18.2. The van der Waals surface area contributed by atoms with Crippen LogP contribution >= 0.6 is 0 Å². The van der Waals surface area contributed by atoms with Gasteiger partial charge in [-0.3, -0.25) is 9.59 Å². The first kappa shape index (κ1) is 17.9. The first-order valence-corrected chi connectivity index (χ1v) is 9.83. The standard InChI is InChI=1S/C17H23N3O4S/c1-18-16(22)13-3-5-14(6-4-13)25(23,24)20-11-9-17(10-12-20)8-7-15(21)19(17)2/h3-6H,7-12H2,1-2H3,(H,18,22). The topological polar surface area (TPSA) is 86.8 Å². The van der Waals surface area contributed by atoms with Crippen LogP contribution in [0.1, 0.15) is 36.0 Å². The Labute approximate surface area is 148 Å². The monoisotopic (exact) mass is 365 g/mol.